The van der Waals surface area contributed by atoms with Crippen LogP contribution in [0.15, 0.2) is 36.5 Å². The smallest absolute Gasteiger partial charge is 0.254 e. The molecule has 0 unspecified atom stereocenters. The lowest BCUT2D eigenvalue weighted by Crippen LogP contribution is -2.23. The number of nitrogens with zero attached hydrogens (tertiary/aromatic N) is 1. The summed E-state index contributed by atoms with van der Waals surface area (Å²) in [5.41, 5.74) is 0.531. The van der Waals surface area contributed by atoms with Crippen LogP contribution in [0, 0.1) is 0 Å². The van der Waals surface area contributed by atoms with Crippen molar-refractivity contribution in [3.05, 3.63) is 36.5 Å². The molecule has 0 heterocycles. The van der Waals surface area contributed by atoms with Gasteiger partial charge < -0.3 is 4.90 Å². The van der Waals surface area contributed by atoms with E-state index >= 15 is 0 Å². The SMILES string of the molecule is C=C/C(C=O)=C(\C=C)C(=O)N(C)C.CC.CCCCC. The second kappa shape index (κ2) is 17.4. The minimum absolute atomic E-state index is 0.253. The largest absolute Gasteiger partial charge is 0.345 e. The highest BCUT2D eigenvalue weighted by Crippen LogP contribution is 2.07. The fourth-order valence-corrected chi connectivity index (χ4v) is 1.14. The zero-order valence-corrected chi connectivity index (χ0v) is 14.0. The first-order chi connectivity index (χ1) is 9.49. The van der Waals surface area contributed by atoms with Gasteiger partial charge in [0.1, 0.15) is 0 Å². The molecule has 0 atom stereocenters. The van der Waals surface area contributed by atoms with Crippen LogP contribution in [-0.2, 0) is 9.59 Å². The maximum atomic E-state index is 11.4. The van der Waals surface area contributed by atoms with Crippen molar-refractivity contribution in [3.8, 4) is 0 Å². The predicted molar refractivity (Wildman–Crippen MR) is 88.7 cm³/mol. The molecule has 0 aliphatic rings. The Labute approximate surface area is 125 Å². The molecule has 0 saturated carbocycles. The molecule has 0 radical (unpaired) electrons. The lowest BCUT2D eigenvalue weighted by Gasteiger charge is -2.11. The van der Waals surface area contributed by atoms with Crippen molar-refractivity contribution in [2.75, 3.05) is 14.1 Å². The highest BCUT2D eigenvalue weighted by Gasteiger charge is 2.11. The Bertz CT molecular complexity index is 303. The van der Waals surface area contributed by atoms with E-state index in [0.717, 1.165) is 0 Å². The van der Waals surface area contributed by atoms with E-state index in [4.69, 9.17) is 0 Å². The molecule has 3 heteroatoms. The molecular formula is C17H31NO2. The van der Waals surface area contributed by atoms with E-state index in [9.17, 15) is 9.59 Å². The van der Waals surface area contributed by atoms with Gasteiger partial charge in [-0.3, -0.25) is 9.59 Å². The second-order valence-electron chi connectivity index (χ2n) is 3.95. The topological polar surface area (TPSA) is 37.4 Å². The third kappa shape index (κ3) is 11.5. The van der Waals surface area contributed by atoms with Gasteiger partial charge in [0.2, 0.25) is 0 Å². The first kappa shape index (κ1) is 23.5. The van der Waals surface area contributed by atoms with E-state index in [0.29, 0.717) is 6.29 Å². The van der Waals surface area contributed by atoms with E-state index in [1.807, 2.05) is 13.8 Å². The fourth-order valence-electron chi connectivity index (χ4n) is 1.14. The van der Waals surface area contributed by atoms with Gasteiger partial charge in [-0.05, 0) is 0 Å². The summed E-state index contributed by atoms with van der Waals surface area (Å²) in [5.74, 6) is -0.253. The minimum Gasteiger partial charge on any atom is -0.345 e. The molecule has 0 rings (SSSR count). The standard InChI is InChI=1S/C10H13NO2.C5H12.C2H6/c1-5-8(7-12)9(6-2)10(13)11(3)4;1-3-5-4-2;1-2/h5-7H,1-2H2,3-4H3;3-5H2,1-2H3;1-2H3/b9-8-;;. The Balaban J connectivity index is -0.000000346. The van der Waals surface area contributed by atoms with Crippen molar-refractivity contribution in [2.45, 2.75) is 47.0 Å². The summed E-state index contributed by atoms with van der Waals surface area (Å²) in [4.78, 5) is 23.3. The number of carbonyl (C=O) groups excluding carboxylic acids is 2. The molecule has 0 aliphatic carbocycles. The van der Waals surface area contributed by atoms with Crippen LogP contribution in [0.4, 0.5) is 0 Å². The lowest BCUT2D eigenvalue weighted by molar-refractivity contribution is -0.124. The number of hydrogen-bond donors (Lipinski definition) is 0. The van der Waals surface area contributed by atoms with E-state index in [-0.39, 0.29) is 17.1 Å². The molecule has 1 amide bonds. The summed E-state index contributed by atoms with van der Waals surface area (Å²) in [6.45, 7) is 15.3. The van der Waals surface area contributed by atoms with Crippen molar-refractivity contribution >= 4 is 12.2 Å². The van der Waals surface area contributed by atoms with Crippen LogP contribution in [0.3, 0.4) is 0 Å². The quantitative estimate of drug-likeness (QED) is 0.416. The Morgan fingerprint density at radius 1 is 1.05 bits per heavy atom. The van der Waals surface area contributed by atoms with Crippen LogP contribution in [0.25, 0.3) is 0 Å². The predicted octanol–water partition coefficient (Wildman–Crippen LogP) is 4.16. The van der Waals surface area contributed by atoms with Gasteiger partial charge in [-0.1, -0.05) is 72.3 Å². The van der Waals surface area contributed by atoms with E-state index in [1.165, 1.54) is 36.3 Å². The number of hydrogen-bond acceptors (Lipinski definition) is 2. The Hall–Kier alpha value is -1.64. The third-order valence-electron chi connectivity index (χ3n) is 2.21. The monoisotopic (exact) mass is 281 g/mol. The molecule has 0 fully saturated rings. The average Bonchev–Trinajstić information content (AvgIpc) is 2.47. The fraction of sp³-hybridized carbons (Fsp3) is 0.529. The summed E-state index contributed by atoms with van der Waals surface area (Å²) >= 11 is 0. The maximum Gasteiger partial charge on any atom is 0.254 e. The zero-order valence-electron chi connectivity index (χ0n) is 14.0. The third-order valence-corrected chi connectivity index (χ3v) is 2.21. The van der Waals surface area contributed by atoms with Gasteiger partial charge in [-0.15, -0.1) is 0 Å². The Morgan fingerprint density at radius 3 is 1.65 bits per heavy atom. The van der Waals surface area contributed by atoms with Gasteiger partial charge in [0.05, 0.1) is 0 Å². The molecule has 0 spiro atoms. The Morgan fingerprint density at radius 2 is 1.50 bits per heavy atom. The van der Waals surface area contributed by atoms with Crippen LogP contribution in [0.1, 0.15) is 47.0 Å². The Kier molecular flexibility index (Phi) is 20.4. The van der Waals surface area contributed by atoms with E-state index in [1.54, 1.807) is 14.1 Å². The molecule has 0 aromatic heterocycles. The summed E-state index contributed by atoms with van der Waals surface area (Å²) in [5, 5.41) is 0. The summed E-state index contributed by atoms with van der Waals surface area (Å²) < 4.78 is 0. The molecule has 0 N–H and O–H groups in total. The van der Waals surface area contributed by atoms with Crippen molar-refractivity contribution in [1.82, 2.24) is 4.90 Å². The van der Waals surface area contributed by atoms with Crippen LogP contribution >= 0.6 is 0 Å². The van der Waals surface area contributed by atoms with Crippen LogP contribution in [-0.4, -0.2) is 31.2 Å². The average molecular weight is 281 g/mol. The number of carbonyl (C=O) groups is 2. The van der Waals surface area contributed by atoms with Gasteiger partial charge in [0.25, 0.3) is 5.91 Å². The van der Waals surface area contributed by atoms with Crippen molar-refractivity contribution in [2.24, 2.45) is 0 Å². The lowest BCUT2D eigenvalue weighted by atomic mass is 10.1. The molecule has 0 aliphatic heterocycles. The van der Waals surface area contributed by atoms with Gasteiger partial charge >= 0.3 is 0 Å². The number of likely N-dealkylation sites (N-methyl/N-ethyl adjacent to an activating group) is 1. The number of unbranched alkanes of at least 4 members (excludes halogenated alkanes) is 2. The van der Waals surface area contributed by atoms with Crippen LogP contribution < -0.4 is 0 Å². The molecule has 0 aromatic carbocycles. The molecule has 0 saturated heterocycles. The number of aldehydes is 1. The normalized spacial score (nSPS) is 9.70. The van der Waals surface area contributed by atoms with Crippen molar-refractivity contribution < 1.29 is 9.59 Å². The summed E-state index contributed by atoms with van der Waals surface area (Å²) in [6, 6.07) is 0. The molecular weight excluding hydrogens is 250 g/mol. The number of amides is 1. The molecule has 3 nitrogen and oxygen atoms in total. The first-order valence-corrected chi connectivity index (χ1v) is 7.15. The minimum atomic E-state index is -0.253. The van der Waals surface area contributed by atoms with E-state index < -0.39 is 0 Å². The van der Waals surface area contributed by atoms with E-state index in [2.05, 4.69) is 27.0 Å². The first-order valence-electron chi connectivity index (χ1n) is 7.15. The zero-order chi connectivity index (χ0) is 16.6. The summed E-state index contributed by atoms with van der Waals surface area (Å²) in [6.07, 6.45) is 7.36. The van der Waals surface area contributed by atoms with Gasteiger partial charge in [0.15, 0.2) is 6.29 Å². The van der Waals surface area contributed by atoms with Crippen LogP contribution in [0.5, 0.6) is 0 Å². The second-order valence-corrected chi connectivity index (χ2v) is 3.95. The molecule has 0 aromatic rings. The highest BCUT2D eigenvalue weighted by atomic mass is 16.2. The molecule has 0 bridgehead atoms. The molecule has 20 heavy (non-hydrogen) atoms. The van der Waals surface area contributed by atoms with Gasteiger partial charge in [-0.2, -0.15) is 0 Å². The van der Waals surface area contributed by atoms with Crippen LogP contribution in [0.2, 0.25) is 0 Å². The highest BCUT2D eigenvalue weighted by molar-refractivity contribution is 6.02. The van der Waals surface area contributed by atoms with Gasteiger partial charge in [-0.25, -0.2) is 0 Å². The number of rotatable bonds is 6. The molecule has 116 valence electrons. The van der Waals surface area contributed by atoms with Crippen molar-refractivity contribution in [3.63, 3.8) is 0 Å². The van der Waals surface area contributed by atoms with Crippen molar-refractivity contribution in [1.29, 1.82) is 0 Å². The number of allylic oxidation sites excluding steroid dienone is 2. The van der Waals surface area contributed by atoms with Gasteiger partial charge in [0, 0.05) is 25.2 Å². The maximum absolute atomic E-state index is 11.4. The summed E-state index contributed by atoms with van der Waals surface area (Å²) in [7, 11) is 3.22.